The van der Waals surface area contributed by atoms with Crippen LogP contribution in [0.2, 0.25) is 5.02 Å². The molecule has 0 aliphatic carbocycles. The van der Waals surface area contributed by atoms with Crippen LogP contribution in [0.4, 0.5) is 0 Å². The molecule has 0 fully saturated rings. The fourth-order valence-corrected chi connectivity index (χ4v) is 3.56. The Labute approximate surface area is 159 Å². The van der Waals surface area contributed by atoms with Crippen molar-refractivity contribution in [3.63, 3.8) is 0 Å². The van der Waals surface area contributed by atoms with Gasteiger partial charge in [0, 0.05) is 23.7 Å². The Balaban J connectivity index is 1.90. The molecule has 26 heavy (non-hydrogen) atoms. The number of hydrogen-bond acceptors (Lipinski definition) is 3. The SMILES string of the molecule is CC(C)CNS(=O)(=O)c1ccc(C(=O)NCCc2ccc(Cl)cc2)cc1. The van der Waals surface area contributed by atoms with Gasteiger partial charge in [0.2, 0.25) is 10.0 Å². The van der Waals surface area contributed by atoms with E-state index in [1.807, 2.05) is 38.1 Å². The van der Waals surface area contributed by atoms with E-state index in [1.165, 1.54) is 24.3 Å². The lowest BCUT2D eigenvalue weighted by Crippen LogP contribution is -2.28. The van der Waals surface area contributed by atoms with Gasteiger partial charge in [-0.05, 0) is 54.3 Å². The molecule has 0 atom stereocenters. The third-order valence-electron chi connectivity index (χ3n) is 3.72. The van der Waals surface area contributed by atoms with E-state index in [0.717, 1.165) is 5.56 Å². The van der Waals surface area contributed by atoms with Crippen molar-refractivity contribution in [3.8, 4) is 0 Å². The molecule has 7 heteroatoms. The minimum absolute atomic E-state index is 0.149. The van der Waals surface area contributed by atoms with Gasteiger partial charge in [-0.2, -0.15) is 0 Å². The summed E-state index contributed by atoms with van der Waals surface area (Å²) in [6.45, 7) is 4.71. The molecule has 0 aromatic heterocycles. The predicted molar refractivity (Wildman–Crippen MR) is 104 cm³/mol. The molecule has 2 rings (SSSR count). The standard InChI is InChI=1S/C19H23ClN2O3S/c1-14(2)13-22-26(24,25)18-9-5-16(6-10-18)19(23)21-12-11-15-3-7-17(20)8-4-15/h3-10,14,22H,11-13H2,1-2H3,(H,21,23). The van der Waals surface area contributed by atoms with Crippen LogP contribution in [0, 0.1) is 5.92 Å². The predicted octanol–water partition coefficient (Wildman–Crippen LogP) is 3.25. The Bertz CT molecular complexity index is 832. The van der Waals surface area contributed by atoms with Crippen molar-refractivity contribution in [2.75, 3.05) is 13.1 Å². The Morgan fingerprint density at radius 1 is 1.04 bits per heavy atom. The first-order valence-corrected chi connectivity index (χ1v) is 10.3. The van der Waals surface area contributed by atoms with Gasteiger partial charge < -0.3 is 5.32 Å². The van der Waals surface area contributed by atoms with Crippen molar-refractivity contribution in [2.24, 2.45) is 5.92 Å². The molecule has 2 aromatic carbocycles. The Morgan fingerprint density at radius 3 is 2.23 bits per heavy atom. The first-order chi connectivity index (χ1) is 12.3. The van der Waals surface area contributed by atoms with Crippen molar-refractivity contribution in [2.45, 2.75) is 25.2 Å². The minimum Gasteiger partial charge on any atom is -0.352 e. The highest BCUT2D eigenvalue weighted by molar-refractivity contribution is 7.89. The Kier molecular flexibility index (Phi) is 7.20. The highest BCUT2D eigenvalue weighted by Gasteiger charge is 2.15. The number of amides is 1. The van der Waals surface area contributed by atoms with Gasteiger partial charge in [-0.1, -0.05) is 37.6 Å². The molecule has 0 heterocycles. The third kappa shape index (κ3) is 6.12. The summed E-state index contributed by atoms with van der Waals surface area (Å²) < 4.78 is 26.8. The van der Waals surface area contributed by atoms with Crippen LogP contribution in [0.25, 0.3) is 0 Å². The topological polar surface area (TPSA) is 75.3 Å². The number of rotatable bonds is 8. The fourth-order valence-electron chi connectivity index (χ4n) is 2.22. The van der Waals surface area contributed by atoms with E-state index in [-0.39, 0.29) is 16.7 Å². The highest BCUT2D eigenvalue weighted by Crippen LogP contribution is 2.12. The van der Waals surface area contributed by atoms with Crippen LogP contribution in [-0.4, -0.2) is 27.4 Å². The second kappa shape index (κ2) is 9.16. The van der Waals surface area contributed by atoms with E-state index in [1.54, 1.807) is 0 Å². The van der Waals surface area contributed by atoms with Gasteiger partial charge in [0.15, 0.2) is 0 Å². The molecule has 0 aliphatic rings. The van der Waals surface area contributed by atoms with E-state index >= 15 is 0 Å². The lowest BCUT2D eigenvalue weighted by atomic mass is 10.1. The number of benzene rings is 2. The molecule has 0 saturated carbocycles. The second-order valence-electron chi connectivity index (χ2n) is 6.40. The van der Waals surface area contributed by atoms with Crippen molar-refractivity contribution >= 4 is 27.5 Å². The molecular weight excluding hydrogens is 372 g/mol. The van der Waals surface area contributed by atoms with Gasteiger partial charge >= 0.3 is 0 Å². The molecule has 140 valence electrons. The van der Waals surface area contributed by atoms with Crippen LogP contribution in [-0.2, 0) is 16.4 Å². The molecule has 0 unspecified atom stereocenters. The van der Waals surface area contributed by atoms with Crippen molar-refractivity contribution in [3.05, 3.63) is 64.7 Å². The number of hydrogen-bond donors (Lipinski definition) is 2. The lowest BCUT2D eigenvalue weighted by molar-refractivity contribution is 0.0954. The number of nitrogens with one attached hydrogen (secondary N) is 2. The van der Waals surface area contributed by atoms with Gasteiger partial charge in [-0.3, -0.25) is 4.79 Å². The van der Waals surface area contributed by atoms with Crippen molar-refractivity contribution < 1.29 is 13.2 Å². The maximum atomic E-state index is 12.2. The molecule has 2 aromatic rings. The first-order valence-electron chi connectivity index (χ1n) is 8.40. The lowest BCUT2D eigenvalue weighted by Gasteiger charge is -2.10. The second-order valence-corrected chi connectivity index (χ2v) is 8.61. The van der Waals surface area contributed by atoms with Gasteiger partial charge in [0.05, 0.1) is 4.90 Å². The van der Waals surface area contributed by atoms with Crippen LogP contribution in [0.5, 0.6) is 0 Å². The third-order valence-corrected chi connectivity index (χ3v) is 5.41. The quantitative estimate of drug-likeness (QED) is 0.721. The number of sulfonamides is 1. The van der Waals surface area contributed by atoms with E-state index in [4.69, 9.17) is 11.6 Å². The van der Waals surface area contributed by atoms with Crippen molar-refractivity contribution in [1.82, 2.24) is 10.0 Å². The molecule has 0 bridgehead atoms. The van der Waals surface area contributed by atoms with Gasteiger partial charge in [-0.15, -0.1) is 0 Å². The molecule has 0 radical (unpaired) electrons. The summed E-state index contributed by atoms with van der Waals surface area (Å²) in [6.07, 6.45) is 0.689. The fraction of sp³-hybridized carbons (Fsp3) is 0.316. The van der Waals surface area contributed by atoms with E-state index in [0.29, 0.717) is 30.1 Å². The Morgan fingerprint density at radius 2 is 1.65 bits per heavy atom. The number of halogens is 1. The monoisotopic (exact) mass is 394 g/mol. The average Bonchev–Trinajstić information content (AvgIpc) is 2.62. The molecule has 0 aliphatic heterocycles. The van der Waals surface area contributed by atoms with Crippen molar-refractivity contribution in [1.29, 1.82) is 0 Å². The van der Waals surface area contributed by atoms with Crippen LogP contribution >= 0.6 is 11.6 Å². The minimum atomic E-state index is -3.55. The van der Waals surface area contributed by atoms with E-state index < -0.39 is 10.0 Å². The largest absolute Gasteiger partial charge is 0.352 e. The molecular formula is C19H23ClN2O3S. The number of carbonyl (C=O) groups excluding carboxylic acids is 1. The zero-order valence-corrected chi connectivity index (χ0v) is 16.4. The first kappa shape index (κ1) is 20.4. The molecule has 2 N–H and O–H groups in total. The van der Waals surface area contributed by atoms with Crippen LogP contribution < -0.4 is 10.0 Å². The molecule has 5 nitrogen and oxygen atoms in total. The summed E-state index contributed by atoms with van der Waals surface area (Å²) in [4.78, 5) is 12.3. The van der Waals surface area contributed by atoms with Gasteiger partial charge in [0.25, 0.3) is 5.91 Å². The summed E-state index contributed by atoms with van der Waals surface area (Å²) in [5.41, 5.74) is 1.50. The smallest absolute Gasteiger partial charge is 0.251 e. The normalized spacial score (nSPS) is 11.5. The van der Waals surface area contributed by atoms with Crippen LogP contribution in [0.1, 0.15) is 29.8 Å². The van der Waals surface area contributed by atoms with Crippen LogP contribution in [0.3, 0.4) is 0 Å². The maximum Gasteiger partial charge on any atom is 0.251 e. The summed E-state index contributed by atoms with van der Waals surface area (Å²) in [5, 5.41) is 3.50. The summed E-state index contributed by atoms with van der Waals surface area (Å²) in [5.74, 6) is -0.0199. The summed E-state index contributed by atoms with van der Waals surface area (Å²) in [7, 11) is -3.55. The zero-order valence-electron chi connectivity index (χ0n) is 14.8. The molecule has 0 spiro atoms. The maximum absolute atomic E-state index is 12.2. The van der Waals surface area contributed by atoms with Crippen LogP contribution in [0.15, 0.2) is 53.4 Å². The highest BCUT2D eigenvalue weighted by atomic mass is 35.5. The van der Waals surface area contributed by atoms with Gasteiger partial charge in [0.1, 0.15) is 0 Å². The molecule has 1 amide bonds. The van der Waals surface area contributed by atoms with Gasteiger partial charge in [-0.25, -0.2) is 13.1 Å². The summed E-state index contributed by atoms with van der Waals surface area (Å²) in [6, 6.07) is 13.4. The Hall–Kier alpha value is -1.89. The average molecular weight is 395 g/mol. The van der Waals surface area contributed by atoms with E-state index in [9.17, 15) is 13.2 Å². The van der Waals surface area contributed by atoms with E-state index in [2.05, 4.69) is 10.0 Å². The summed E-state index contributed by atoms with van der Waals surface area (Å²) >= 11 is 5.84. The number of carbonyl (C=O) groups is 1. The zero-order chi connectivity index (χ0) is 19.2. The molecule has 0 saturated heterocycles.